The van der Waals surface area contributed by atoms with Gasteiger partial charge in [0.25, 0.3) is 0 Å². The fourth-order valence-electron chi connectivity index (χ4n) is 2.32. The third kappa shape index (κ3) is 3.85. The van der Waals surface area contributed by atoms with Crippen molar-refractivity contribution in [1.29, 1.82) is 0 Å². The highest BCUT2D eigenvalue weighted by Gasteiger charge is 2.18. The summed E-state index contributed by atoms with van der Waals surface area (Å²) >= 11 is 9.47. The Morgan fingerprint density at radius 1 is 1.41 bits per heavy atom. The lowest BCUT2D eigenvalue weighted by atomic mass is 9.83. The monoisotopic (exact) mass is 316 g/mol. The zero-order valence-corrected chi connectivity index (χ0v) is 12.4. The minimum absolute atomic E-state index is 0.684. The van der Waals surface area contributed by atoms with E-state index in [1.54, 1.807) is 6.20 Å². The van der Waals surface area contributed by atoms with E-state index >= 15 is 0 Å². The van der Waals surface area contributed by atoms with E-state index in [1.165, 1.54) is 25.7 Å². The number of halogens is 2. The highest BCUT2D eigenvalue weighted by Crippen LogP contribution is 2.29. The van der Waals surface area contributed by atoms with Crippen LogP contribution in [-0.2, 0) is 0 Å². The van der Waals surface area contributed by atoms with Crippen molar-refractivity contribution in [2.45, 2.75) is 32.6 Å². The number of nitrogens with one attached hydrogen (secondary N) is 1. The molecule has 0 saturated heterocycles. The van der Waals surface area contributed by atoms with Gasteiger partial charge in [0, 0.05) is 17.2 Å². The van der Waals surface area contributed by atoms with E-state index in [-0.39, 0.29) is 0 Å². The van der Waals surface area contributed by atoms with Gasteiger partial charge in [-0.2, -0.15) is 0 Å². The fourth-order valence-corrected chi connectivity index (χ4v) is 3.02. The van der Waals surface area contributed by atoms with Crippen molar-refractivity contribution in [2.24, 2.45) is 11.8 Å². The fraction of sp³-hybridized carbons (Fsp3) is 0.615. The van der Waals surface area contributed by atoms with E-state index in [1.807, 2.05) is 6.07 Å². The molecule has 0 aromatic carbocycles. The molecule has 1 fully saturated rings. The van der Waals surface area contributed by atoms with E-state index < -0.39 is 0 Å². The number of hydrogen-bond acceptors (Lipinski definition) is 2. The Bertz CT molecular complexity index is 376. The summed E-state index contributed by atoms with van der Waals surface area (Å²) in [5.41, 5.74) is 0. The third-order valence-corrected chi connectivity index (χ3v) is 4.22. The van der Waals surface area contributed by atoms with E-state index in [4.69, 9.17) is 11.6 Å². The van der Waals surface area contributed by atoms with Crippen LogP contribution in [0.1, 0.15) is 32.6 Å². The number of hydrogen-bond donors (Lipinski definition) is 1. The summed E-state index contributed by atoms with van der Waals surface area (Å²) in [5, 5.41) is 4.04. The predicted octanol–water partition coefficient (Wildman–Crippen LogP) is 4.74. The van der Waals surface area contributed by atoms with Crippen molar-refractivity contribution in [3.05, 3.63) is 21.8 Å². The van der Waals surface area contributed by atoms with Crippen molar-refractivity contribution in [3.63, 3.8) is 0 Å². The Morgan fingerprint density at radius 3 is 2.76 bits per heavy atom. The van der Waals surface area contributed by atoms with Crippen LogP contribution in [0, 0.1) is 11.8 Å². The minimum Gasteiger partial charge on any atom is -0.369 e. The number of pyridine rings is 1. The summed E-state index contributed by atoms with van der Waals surface area (Å²) in [4.78, 5) is 4.29. The molecule has 0 aliphatic heterocycles. The molecular formula is C13H18BrClN2. The molecule has 2 nitrogen and oxygen atoms in total. The number of aromatic nitrogens is 1. The number of anilines is 1. The van der Waals surface area contributed by atoms with Gasteiger partial charge in [-0.1, -0.05) is 31.4 Å². The summed E-state index contributed by atoms with van der Waals surface area (Å²) in [6.07, 6.45) is 7.13. The van der Waals surface area contributed by atoms with Crippen LogP contribution in [0.3, 0.4) is 0 Å². The van der Waals surface area contributed by atoms with Crippen molar-refractivity contribution in [3.8, 4) is 0 Å². The van der Waals surface area contributed by atoms with Gasteiger partial charge in [0.05, 0.1) is 5.02 Å². The lowest BCUT2D eigenvalue weighted by Gasteiger charge is -2.26. The Hall–Kier alpha value is -0.280. The lowest BCUT2D eigenvalue weighted by Crippen LogP contribution is -2.20. The standard InChI is InChI=1S/C13H18BrClN2/c1-9-2-4-10(5-3-9)7-16-13-12(15)6-11(14)8-17-13/h6,8-10H,2-5,7H2,1H3,(H,16,17). The third-order valence-electron chi connectivity index (χ3n) is 3.50. The molecule has 1 aliphatic carbocycles. The molecule has 94 valence electrons. The predicted molar refractivity (Wildman–Crippen MR) is 76.6 cm³/mol. The molecule has 1 heterocycles. The van der Waals surface area contributed by atoms with Crippen LogP contribution in [0.2, 0.25) is 5.02 Å². The van der Waals surface area contributed by atoms with Gasteiger partial charge in [0.1, 0.15) is 5.82 Å². The van der Waals surface area contributed by atoms with Crippen LogP contribution in [0.5, 0.6) is 0 Å². The maximum atomic E-state index is 6.12. The average Bonchev–Trinajstić information content (AvgIpc) is 2.30. The normalized spacial score (nSPS) is 24.6. The van der Waals surface area contributed by atoms with Crippen LogP contribution >= 0.6 is 27.5 Å². The van der Waals surface area contributed by atoms with Gasteiger partial charge in [0.2, 0.25) is 0 Å². The highest BCUT2D eigenvalue weighted by molar-refractivity contribution is 9.10. The van der Waals surface area contributed by atoms with E-state index in [0.717, 1.165) is 28.7 Å². The van der Waals surface area contributed by atoms with Gasteiger partial charge in [-0.25, -0.2) is 4.98 Å². The summed E-state index contributed by atoms with van der Waals surface area (Å²) in [6.45, 7) is 3.33. The van der Waals surface area contributed by atoms with Crippen molar-refractivity contribution in [1.82, 2.24) is 4.98 Å². The number of rotatable bonds is 3. The quantitative estimate of drug-likeness (QED) is 0.871. The van der Waals surface area contributed by atoms with Crippen LogP contribution in [0.15, 0.2) is 16.7 Å². The molecule has 1 saturated carbocycles. The SMILES string of the molecule is CC1CCC(CNc2ncc(Br)cc2Cl)CC1. The molecule has 0 atom stereocenters. The first-order chi connectivity index (χ1) is 8.15. The van der Waals surface area contributed by atoms with Crippen molar-refractivity contribution in [2.75, 3.05) is 11.9 Å². The number of nitrogens with zero attached hydrogens (tertiary/aromatic N) is 1. The van der Waals surface area contributed by atoms with Gasteiger partial charge >= 0.3 is 0 Å². The second-order valence-corrected chi connectivity index (χ2v) is 6.31. The molecule has 0 amide bonds. The van der Waals surface area contributed by atoms with Crippen LogP contribution in [0.4, 0.5) is 5.82 Å². The largest absolute Gasteiger partial charge is 0.369 e. The Morgan fingerprint density at radius 2 is 2.12 bits per heavy atom. The van der Waals surface area contributed by atoms with E-state index in [9.17, 15) is 0 Å². The topological polar surface area (TPSA) is 24.9 Å². The first kappa shape index (κ1) is 13.2. The molecule has 17 heavy (non-hydrogen) atoms. The average molecular weight is 318 g/mol. The summed E-state index contributed by atoms with van der Waals surface area (Å²) < 4.78 is 0.916. The molecular weight excluding hydrogens is 300 g/mol. The second-order valence-electron chi connectivity index (χ2n) is 4.99. The van der Waals surface area contributed by atoms with Gasteiger partial charge in [0.15, 0.2) is 0 Å². The van der Waals surface area contributed by atoms with Crippen molar-refractivity contribution >= 4 is 33.3 Å². The van der Waals surface area contributed by atoms with Gasteiger partial charge in [-0.15, -0.1) is 0 Å². The Balaban J connectivity index is 1.85. The summed E-state index contributed by atoms with van der Waals surface area (Å²) in [5.74, 6) is 2.47. The zero-order valence-electron chi connectivity index (χ0n) is 10.0. The van der Waals surface area contributed by atoms with Gasteiger partial charge < -0.3 is 5.32 Å². The molecule has 0 unspecified atom stereocenters. The second kappa shape index (κ2) is 6.05. The maximum Gasteiger partial charge on any atom is 0.144 e. The first-order valence-electron chi connectivity index (χ1n) is 6.20. The smallest absolute Gasteiger partial charge is 0.144 e. The molecule has 0 bridgehead atoms. The molecule has 0 radical (unpaired) electrons. The molecule has 1 aliphatic rings. The molecule has 4 heteroatoms. The highest BCUT2D eigenvalue weighted by atomic mass is 79.9. The van der Waals surface area contributed by atoms with Crippen LogP contribution in [-0.4, -0.2) is 11.5 Å². The van der Waals surface area contributed by atoms with E-state index in [0.29, 0.717) is 5.02 Å². The molecule has 2 rings (SSSR count). The van der Waals surface area contributed by atoms with Crippen molar-refractivity contribution < 1.29 is 0 Å². The zero-order chi connectivity index (χ0) is 12.3. The summed E-state index contributed by atoms with van der Waals surface area (Å²) in [7, 11) is 0. The first-order valence-corrected chi connectivity index (χ1v) is 7.37. The lowest BCUT2D eigenvalue weighted by molar-refractivity contribution is 0.300. The Labute approximate surface area is 116 Å². The summed E-state index contributed by atoms with van der Waals surface area (Å²) in [6, 6.07) is 1.87. The van der Waals surface area contributed by atoms with Gasteiger partial charge in [-0.05, 0) is 46.7 Å². The minimum atomic E-state index is 0.684. The van der Waals surface area contributed by atoms with Gasteiger partial charge in [-0.3, -0.25) is 0 Å². The molecule has 1 aromatic heterocycles. The Kier molecular flexibility index (Phi) is 4.69. The maximum absolute atomic E-state index is 6.12. The van der Waals surface area contributed by atoms with Crippen LogP contribution in [0.25, 0.3) is 0 Å². The van der Waals surface area contributed by atoms with E-state index in [2.05, 4.69) is 33.2 Å². The van der Waals surface area contributed by atoms with Crippen LogP contribution < -0.4 is 5.32 Å². The molecule has 1 aromatic rings. The molecule has 0 spiro atoms. The molecule has 1 N–H and O–H groups in total.